The first-order valence-corrected chi connectivity index (χ1v) is 9.70. The van der Waals surface area contributed by atoms with Crippen molar-refractivity contribution < 1.29 is 0 Å². The van der Waals surface area contributed by atoms with E-state index in [0.29, 0.717) is 6.04 Å². The molecule has 0 saturated heterocycles. The van der Waals surface area contributed by atoms with Crippen LogP contribution >= 0.6 is 0 Å². The van der Waals surface area contributed by atoms with Gasteiger partial charge in [0.1, 0.15) is 0 Å². The van der Waals surface area contributed by atoms with Crippen molar-refractivity contribution in [2.75, 3.05) is 14.1 Å². The monoisotopic (exact) mass is 303 g/mol. The normalized spacial score (nSPS) is 22.1. The fourth-order valence-corrected chi connectivity index (χ4v) is 4.51. The number of rotatable bonds is 7. The van der Waals surface area contributed by atoms with Gasteiger partial charge in [0.2, 0.25) is 0 Å². The zero-order chi connectivity index (χ0) is 16.1. The van der Waals surface area contributed by atoms with Crippen molar-refractivity contribution in [3.05, 3.63) is 22.3 Å². The molecular weight excluding hydrogens is 266 g/mol. The van der Waals surface area contributed by atoms with Gasteiger partial charge in [0, 0.05) is 6.04 Å². The molecule has 1 atom stereocenters. The van der Waals surface area contributed by atoms with E-state index in [1.54, 1.807) is 16.7 Å². The number of likely N-dealkylation sites (N-methyl/N-ethyl adjacent to an activating group) is 1. The smallest absolute Gasteiger partial charge is 0.0316 e. The van der Waals surface area contributed by atoms with Gasteiger partial charge in [0.05, 0.1) is 0 Å². The molecule has 0 aromatic carbocycles. The molecule has 2 aliphatic carbocycles. The molecule has 0 aromatic rings. The molecule has 2 rings (SSSR count). The molecule has 0 radical (unpaired) electrons. The van der Waals surface area contributed by atoms with Gasteiger partial charge in [-0.3, -0.25) is 0 Å². The van der Waals surface area contributed by atoms with Gasteiger partial charge >= 0.3 is 0 Å². The summed E-state index contributed by atoms with van der Waals surface area (Å²) in [5.74, 6) is 0.882. The summed E-state index contributed by atoms with van der Waals surface area (Å²) in [6.45, 7) is 7.10. The van der Waals surface area contributed by atoms with E-state index in [4.69, 9.17) is 0 Å². The van der Waals surface area contributed by atoms with E-state index in [0.717, 1.165) is 5.92 Å². The van der Waals surface area contributed by atoms with E-state index >= 15 is 0 Å². The largest absolute Gasteiger partial charge is 0.303 e. The molecule has 1 heteroatoms. The molecule has 0 spiro atoms. The van der Waals surface area contributed by atoms with E-state index in [1.807, 2.05) is 5.57 Å². The minimum atomic E-state index is 0.577. The van der Waals surface area contributed by atoms with Crippen LogP contribution in [0.15, 0.2) is 22.3 Å². The zero-order valence-electron chi connectivity index (χ0n) is 15.7. The van der Waals surface area contributed by atoms with Crippen LogP contribution in [0, 0.1) is 5.92 Å². The van der Waals surface area contributed by atoms with Crippen molar-refractivity contribution in [3.63, 3.8) is 0 Å². The summed E-state index contributed by atoms with van der Waals surface area (Å²) in [5, 5.41) is 0. The topological polar surface area (TPSA) is 3.24 Å². The van der Waals surface area contributed by atoms with Crippen molar-refractivity contribution >= 4 is 0 Å². The van der Waals surface area contributed by atoms with Gasteiger partial charge in [-0.05, 0) is 70.2 Å². The minimum absolute atomic E-state index is 0.577. The summed E-state index contributed by atoms with van der Waals surface area (Å²) in [6, 6.07) is 0.577. The molecular formula is C21H37N. The molecule has 1 fully saturated rings. The van der Waals surface area contributed by atoms with Gasteiger partial charge in [-0.1, -0.05) is 57.1 Å². The summed E-state index contributed by atoms with van der Waals surface area (Å²) >= 11 is 0. The Morgan fingerprint density at radius 3 is 2.18 bits per heavy atom. The van der Waals surface area contributed by atoms with E-state index in [1.165, 1.54) is 64.2 Å². The van der Waals surface area contributed by atoms with Gasteiger partial charge in [-0.25, -0.2) is 0 Å². The Kier molecular flexibility index (Phi) is 6.74. The Labute approximate surface area is 138 Å². The van der Waals surface area contributed by atoms with Crippen molar-refractivity contribution in [2.24, 2.45) is 5.92 Å². The Bertz CT molecular complexity index is 421. The fourth-order valence-electron chi connectivity index (χ4n) is 4.51. The zero-order valence-corrected chi connectivity index (χ0v) is 15.7. The van der Waals surface area contributed by atoms with Crippen LogP contribution in [0.2, 0.25) is 0 Å². The predicted octanol–water partition coefficient (Wildman–Crippen LogP) is 6.11. The SMILES string of the molecule is CCCC1=C(CCC)C(C(C)N(C)C)=C(C2CCCCC2)C1. The van der Waals surface area contributed by atoms with Gasteiger partial charge in [0.25, 0.3) is 0 Å². The Morgan fingerprint density at radius 1 is 1.00 bits per heavy atom. The Morgan fingerprint density at radius 2 is 1.64 bits per heavy atom. The van der Waals surface area contributed by atoms with Gasteiger partial charge in [-0.2, -0.15) is 0 Å². The summed E-state index contributed by atoms with van der Waals surface area (Å²) < 4.78 is 0. The lowest BCUT2D eigenvalue weighted by atomic mass is 9.80. The third-order valence-electron chi connectivity index (χ3n) is 5.84. The second kappa shape index (κ2) is 8.34. The molecule has 0 aliphatic heterocycles. The van der Waals surface area contributed by atoms with Crippen LogP contribution in [0.1, 0.15) is 85.0 Å². The van der Waals surface area contributed by atoms with E-state index in [9.17, 15) is 0 Å². The fraction of sp³-hybridized carbons (Fsp3) is 0.810. The molecule has 22 heavy (non-hydrogen) atoms. The van der Waals surface area contributed by atoms with Crippen LogP contribution in [0.25, 0.3) is 0 Å². The highest BCUT2D eigenvalue weighted by Crippen LogP contribution is 2.46. The first-order chi connectivity index (χ1) is 10.6. The molecule has 1 saturated carbocycles. The molecule has 1 unspecified atom stereocenters. The summed E-state index contributed by atoms with van der Waals surface area (Å²) in [5.41, 5.74) is 7.13. The first-order valence-electron chi connectivity index (χ1n) is 9.70. The Balaban J connectivity index is 2.36. The van der Waals surface area contributed by atoms with Crippen LogP contribution < -0.4 is 0 Å². The molecule has 0 heterocycles. The highest BCUT2D eigenvalue weighted by atomic mass is 15.1. The van der Waals surface area contributed by atoms with Crippen LogP contribution in [0.5, 0.6) is 0 Å². The molecule has 0 aromatic heterocycles. The van der Waals surface area contributed by atoms with Crippen molar-refractivity contribution in [1.82, 2.24) is 4.90 Å². The van der Waals surface area contributed by atoms with E-state index in [2.05, 4.69) is 39.8 Å². The maximum atomic E-state index is 2.42. The highest BCUT2D eigenvalue weighted by Gasteiger charge is 2.32. The predicted molar refractivity (Wildman–Crippen MR) is 98.2 cm³/mol. The van der Waals surface area contributed by atoms with Crippen LogP contribution in [-0.4, -0.2) is 25.0 Å². The Hall–Kier alpha value is -0.560. The third kappa shape index (κ3) is 3.85. The quantitative estimate of drug-likeness (QED) is 0.548. The molecule has 2 aliphatic rings. The average molecular weight is 304 g/mol. The van der Waals surface area contributed by atoms with E-state index < -0.39 is 0 Å². The van der Waals surface area contributed by atoms with Crippen LogP contribution in [0.4, 0.5) is 0 Å². The number of nitrogens with zero attached hydrogens (tertiary/aromatic N) is 1. The van der Waals surface area contributed by atoms with E-state index in [-0.39, 0.29) is 0 Å². The average Bonchev–Trinajstić information content (AvgIpc) is 2.87. The molecule has 0 N–H and O–H groups in total. The van der Waals surface area contributed by atoms with Gasteiger partial charge in [-0.15, -0.1) is 0 Å². The number of hydrogen-bond acceptors (Lipinski definition) is 1. The molecule has 0 bridgehead atoms. The van der Waals surface area contributed by atoms with Crippen molar-refractivity contribution in [3.8, 4) is 0 Å². The lowest BCUT2D eigenvalue weighted by molar-refractivity contribution is 0.342. The maximum Gasteiger partial charge on any atom is 0.0316 e. The lowest BCUT2D eigenvalue weighted by Gasteiger charge is -2.30. The number of allylic oxidation sites excluding steroid dienone is 2. The van der Waals surface area contributed by atoms with Crippen LogP contribution in [0.3, 0.4) is 0 Å². The summed E-state index contributed by atoms with van der Waals surface area (Å²) in [4.78, 5) is 2.42. The first kappa shape index (κ1) is 17.8. The van der Waals surface area contributed by atoms with Crippen molar-refractivity contribution in [2.45, 2.75) is 91.0 Å². The lowest BCUT2D eigenvalue weighted by Crippen LogP contribution is -2.28. The second-order valence-electron chi connectivity index (χ2n) is 7.67. The second-order valence-corrected chi connectivity index (χ2v) is 7.67. The molecule has 0 amide bonds. The van der Waals surface area contributed by atoms with Gasteiger partial charge in [0.15, 0.2) is 0 Å². The summed E-state index contributed by atoms with van der Waals surface area (Å²) in [7, 11) is 4.50. The number of hydrogen-bond donors (Lipinski definition) is 0. The van der Waals surface area contributed by atoms with Gasteiger partial charge < -0.3 is 4.90 Å². The van der Waals surface area contributed by atoms with Crippen LogP contribution in [-0.2, 0) is 0 Å². The summed E-state index contributed by atoms with van der Waals surface area (Å²) in [6.07, 6.45) is 13.7. The standard InChI is InChI=1S/C21H37N/c1-6-11-18-15-20(17-13-9-8-10-14-17)21(16(3)22(4)5)19(18)12-7-2/h16-17H,6-15H2,1-5H3. The maximum absolute atomic E-state index is 2.42. The van der Waals surface area contributed by atoms with Crippen molar-refractivity contribution in [1.29, 1.82) is 0 Å². The molecule has 126 valence electrons. The highest BCUT2D eigenvalue weighted by molar-refractivity contribution is 5.50. The minimum Gasteiger partial charge on any atom is -0.303 e. The third-order valence-corrected chi connectivity index (χ3v) is 5.84. The molecule has 1 nitrogen and oxygen atoms in total.